The highest BCUT2D eigenvalue weighted by Crippen LogP contribution is 2.28. The van der Waals surface area contributed by atoms with Gasteiger partial charge in [0.2, 0.25) is 3.79 Å². The van der Waals surface area contributed by atoms with Gasteiger partial charge in [0.25, 0.3) is 0 Å². The molecule has 0 aliphatic carbocycles. The zero-order valence-corrected chi connectivity index (χ0v) is 10.2. The van der Waals surface area contributed by atoms with Crippen molar-refractivity contribution in [3.05, 3.63) is 30.3 Å². The van der Waals surface area contributed by atoms with Crippen LogP contribution in [0, 0.1) is 0 Å². The third kappa shape index (κ3) is 4.45. The van der Waals surface area contributed by atoms with Gasteiger partial charge in [0.1, 0.15) is 0 Å². The summed E-state index contributed by atoms with van der Waals surface area (Å²) in [5, 5.41) is 13.8. The SMILES string of the molecule is O=C(Nc1ccccc1)N[C@H](O)C(Cl)(Cl)Cl. The van der Waals surface area contributed by atoms with E-state index in [4.69, 9.17) is 34.8 Å². The summed E-state index contributed by atoms with van der Waals surface area (Å²) in [6, 6.07) is 8.01. The van der Waals surface area contributed by atoms with Crippen molar-refractivity contribution in [3.8, 4) is 0 Å². The Morgan fingerprint density at radius 2 is 1.81 bits per heavy atom. The number of benzene rings is 1. The van der Waals surface area contributed by atoms with Gasteiger partial charge >= 0.3 is 6.03 Å². The molecule has 0 heterocycles. The Labute approximate surface area is 107 Å². The lowest BCUT2D eigenvalue weighted by Gasteiger charge is -2.20. The van der Waals surface area contributed by atoms with Gasteiger partial charge in [-0.1, -0.05) is 53.0 Å². The van der Waals surface area contributed by atoms with Crippen molar-refractivity contribution >= 4 is 46.5 Å². The van der Waals surface area contributed by atoms with Crippen molar-refractivity contribution in [2.24, 2.45) is 0 Å². The van der Waals surface area contributed by atoms with E-state index in [9.17, 15) is 9.90 Å². The highest BCUT2D eigenvalue weighted by atomic mass is 35.6. The molecule has 1 aromatic carbocycles. The van der Waals surface area contributed by atoms with E-state index >= 15 is 0 Å². The number of amides is 2. The van der Waals surface area contributed by atoms with Crippen LogP contribution in [0.5, 0.6) is 0 Å². The Kier molecular flexibility index (Phi) is 4.68. The summed E-state index contributed by atoms with van der Waals surface area (Å²) >= 11 is 16.1. The lowest BCUT2D eigenvalue weighted by atomic mass is 10.3. The minimum absolute atomic E-state index is 0.566. The molecule has 7 heteroatoms. The van der Waals surface area contributed by atoms with Crippen LogP contribution < -0.4 is 10.6 Å². The van der Waals surface area contributed by atoms with E-state index < -0.39 is 16.1 Å². The average Bonchev–Trinajstić information content (AvgIpc) is 2.17. The molecule has 16 heavy (non-hydrogen) atoms. The first-order valence-electron chi connectivity index (χ1n) is 4.27. The number of urea groups is 1. The third-order valence-electron chi connectivity index (χ3n) is 1.61. The molecule has 88 valence electrons. The van der Waals surface area contributed by atoms with Crippen LogP contribution in [0.2, 0.25) is 0 Å². The van der Waals surface area contributed by atoms with Crippen molar-refractivity contribution in [3.63, 3.8) is 0 Å². The quantitative estimate of drug-likeness (QED) is 0.577. The molecule has 3 N–H and O–H groups in total. The molecule has 2 amide bonds. The Morgan fingerprint density at radius 3 is 2.31 bits per heavy atom. The maximum atomic E-state index is 11.3. The van der Waals surface area contributed by atoms with Gasteiger partial charge < -0.3 is 15.7 Å². The monoisotopic (exact) mass is 282 g/mol. The molecule has 0 aromatic heterocycles. The molecule has 1 aromatic rings. The number of hydrogen-bond donors (Lipinski definition) is 3. The fourth-order valence-corrected chi connectivity index (χ4v) is 1.06. The van der Waals surface area contributed by atoms with Crippen LogP contribution >= 0.6 is 34.8 Å². The van der Waals surface area contributed by atoms with Gasteiger partial charge in [-0.25, -0.2) is 4.79 Å². The summed E-state index contributed by atoms with van der Waals surface area (Å²) in [7, 11) is 0. The third-order valence-corrected chi connectivity index (χ3v) is 2.23. The lowest BCUT2D eigenvalue weighted by molar-refractivity contribution is 0.148. The second kappa shape index (κ2) is 5.59. The maximum absolute atomic E-state index is 11.3. The summed E-state index contributed by atoms with van der Waals surface area (Å²) in [5.74, 6) is 0. The molecule has 0 saturated heterocycles. The fourth-order valence-electron chi connectivity index (χ4n) is 0.895. The van der Waals surface area contributed by atoms with Crippen LogP contribution in [0.25, 0.3) is 0 Å². The van der Waals surface area contributed by atoms with E-state index in [0.29, 0.717) is 5.69 Å². The van der Waals surface area contributed by atoms with Gasteiger partial charge in [-0.2, -0.15) is 0 Å². The molecule has 0 saturated carbocycles. The fraction of sp³-hybridized carbons (Fsp3) is 0.222. The van der Waals surface area contributed by atoms with Gasteiger partial charge in [0, 0.05) is 5.69 Å². The van der Waals surface area contributed by atoms with Gasteiger partial charge in [0.15, 0.2) is 6.23 Å². The molecule has 0 aliphatic heterocycles. The zero-order valence-electron chi connectivity index (χ0n) is 7.95. The topological polar surface area (TPSA) is 61.4 Å². The van der Waals surface area contributed by atoms with E-state index in [1.54, 1.807) is 30.3 Å². The molecule has 4 nitrogen and oxygen atoms in total. The minimum Gasteiger partial charge on any atom is -0.369 e. The van der Waals surface area contributed by atoms with Crippen LogP contribution in [0.15, 0.2) is 30.3 Å². The number of aliphatic hydroxyl groups excluding tert-OH is 1. The smallest absolute Gasteiger partial charge is 0.321 e. The number of rotatable bonds is 2. The Morgan fingerprint density at radius 1 is 1.25 bits per heavy atom. The van der Waals surface area contributed by atoms with Gasteiger partial charge in [-0.15, -0.1) is 0 Å². The van der Waals surface area contributed by atoms with Gasteiger partial charge in [-0.3, -0.25) is 0 Å². The van der Waals surface area contributed by atoms with Crippen molar-refractivity contribution in [2.75, 3.05) is 5.32 Å². The molecule has 0 aliphatic rings. The Hall–Kier alpha value is -0.680. The first-order chi connectivity index (χ1) is 7.39. The van der Waals surface area contributed by atoms with Crippen LogP contribution in [0.1, 0.15) is 0 Å². The second-order valence-electron chi connectivity index (χ2n) is 2.91. The predicted molar refractivity (Wildman–Crippen MR) is 64.9 cm³/mol. The Bertz CT molecular complexity index is 354. The van der Waals surface area contributed by atoms with E-state index in [1.165, 1.54) is 0 Å². The zero-order chi connectivity index (χ0) is 12.2. The number of carbonyl (C=O) groups is 1. The normalized spacial score (nSPS) is 13.0. The Balaban J connectivity index is 2.49. The van der Waals surface area contributed by atoms with Gasteiger partial charge in [-0.05, 0) is 12.1 Å². The average molecular weight is 284 g/mol. The number of halogens is 3. The number of hydrogen-bond acceptors (Lipinski definition) is 2. The maximum Gasteiger partial charge on any atom is 0.321 e. The van der Waals surface area contributed by atoms with Crippen molar-refractivity contribution < 1.29 is 9.90 Å². The van der Waals surface area contributed by atoms with Crippen LogP contribution in [-0.2, 0) is 0 Å². The largest absolute Gasteiger partial charge is 0.369 e. The highest BCUT2D eigenvalue weighted by molar-refractivity contribution is 6.68. The molecular formula is C9H9Cl3N2O2. The summed E-state index contributed by atoms with van der Waals surface area (Å²) in [5.41, 5.74) is 0.566. The predicted octanol–water partition coefficient (Wildman–Crippen LogP) is 2.50. The standard InChI is InChI=1S/C9H9Cl3N2O2/c10-9(11,12)7(15)14-8(16)13-6-4-2-1-3-5-6/h1-5,7,15H,(H2,13,14,16)/t7-/m1/s1. The highest BCUT2D eigenvalue weighted by Gasteiger charge is 2.32. The number of para-hydroxylation sites is 1. The molecule has 0 unspecified atom stereocenters. The number of carbonyl (C=O) groups excluding carboxylic acids is 1. The minimum atomic E-state index is -1.96. The van der Waals surface area contributed by atoms with Crippen LogP contribution in [-0.4, -0.2) is 21.2 Å². The van der Waals surface area contributed by atoms with E-state index in [0.717, 1.165) is 0 Å². The van der Waals surface area contributed by atoms with Crippen LogP contribution in [0.3, 0.4) is 0 Å². The number of anilines is 1. The molecule has 0 radical (unpaired) electrons. The van der Waals surface area contributed by atoms with Crippen molar-refractivity contribution in [1.29, 1.82) is 0 Å². The summed E-state index contributed by atoms with van der Waals surface area (Å²) in [4.78, 5) is 11.3. The van der Waals surface area contributed by atoms with E-state index in [2.05, 4.69) is 10.6 Å². The van der Waals surface area contributed by atoms with Gasteiger partial charge in [0.05, 0.1) is 0 Å². The summed E-state index contributed by atoms with van der Waals surface area (Å²) < 4.78 is -1.96. The first kappa shape index (κ1) is 13.4. The van der Waals surface area contributed by atoms with E-state index in [1.807, 2.05) is 0 Å². The molecule has 0 spiro atoms. The molecule has 1 rings (SSSR count). The summed E-state index contributed by atoms with van der Waals surface area (Å²) in [6.07, 6.45) is -1.58. The van der Waals surface area contributed by atoms with Crippen molar-refractivity contribution in [2.45, 2.75) is 10.0 Å². The molecule has 0 bridgehead atoms. The second-order valence-corrected chi connectivity index (χ2v) is 5.28. The number of nitrogens with one attached hydrogen (secondary N) is 2. The number of alkyl halides is 3. The van der Waals surface area contributed by atoms with E-state index in [-0.39, 0.29) is 0 Å². The van der Waals surface area contributed by atoms with Crippen molar-refractivity contribution in [1.82, 2.24) is 5.32 Å². The number of aliphatic hydroxyl groups is 1. The molecular weight excluding hydrogens is 274 g/mol. The lowest BCUT2D eigenvalue weighted by Crippen LogP contribution is -2.45. The van der Waals surface area contributed by atoms with Crippen LogP contribution in [0.4, 0.5) is 10.5 Å². The molecule has 0 fully saturated rings. The summed E-state index contributed by atoms with van der Waals surface area (Å²) in [6.45, 7) is 0. The molecule has 1 atom stereocenters. The first-order valence-corrected chi connectivity index (χ1v) is 5.40.